The fourth-order valence-corrected chi connectivity index (χ4v) is 0.914. The highest BCUT2D eigenvalue weighted by molar-refractivity contribution is 7.48. The normalized spacial score (nSPS) is 11.9. The molecule has 3 N–H and O–H groups in total. The Morgan fingerprint density at radius 3 is 1.29 bits per heavy atom. The Morgan fingerprint density at radius 1 is 0.786 bits per heavy atom. The molecule has 0 saturated carbocycles. The SMILES string of the molecule is CONOP(=O)(ONOC)ONOC. The van der Waals surface area contributed by atoms with Crippen LogP contribution in [-0.2, 0) is 33.0 Å². The van der Waals surface area contributed by atoms with Crippen LogP contribution in [0.25, 0.3) is 0 Å². The first-order valence-electron chi connectivity index (χ1n) is 3.18. The minimum absolute atomic E-state index is 1.23. The average Bonchev–Trinajstić information content (AvgIpc) is 2.21. The summed E-state index contributed by atoms with van der Waals surface area (Å²) in [5, 5.41) is 0. The van der Waals surface area contributed by atoms with Crippen LogP contribution in [-0.4, -0.2) is 21.3 Å². The van der Waals surface area contributed by atoms with Crippen LogP contribution in [0.4, 0.5) is 0 Å². The second kappa shape index (κ2) is 8.20. The van der Waals surface area contributed by atoms with Crippen molar-refractivity contribution >= 4 is 7.82 Å². The number of rotatable bonds is 9. The molecule has 10 nitrogen and oxygen atoms in total. The van der Waals surface area contributed by atoms with Crippen LogP contribution in [0.15, 0.2) is 0 Å². The van der Waals surface area contributed by atoms with Crippen molar-refractivity contribution < 1.29 is 33.0 Å². The van der Waals surface area contributed by atoms with Crippen LogP contribution in [0.2, 0.25) is 0 Å². The number of hydrogen-bond donors (Lipinski definition) is 3. The molecule has 0 amide bonds. The van der Waals surface area contributed by atoms with E-state index in [1.54, 1.807) is 16.9 Å². The van der Waals surface area contributed by atoms with Crippen molar-refractivity contribution in [3.63, 3.8) is 0 Å². The third-order valence-electron chi connectivity index (χ3n) is 0.697. The first-order valence-corrected chi connectivity index (χ1v) is 4.64. The fraction of sp³-hybridized carbons (Fsp3) is 1.00. The maximum atomic E-state index is 11.4. The van der Waals surface area contributed by atoms with Gasteiger partial charge >= 0.3 is 7.82 Å². The van der Waals surface area contributed by atoms with Crippen LogP contribution in [0.3, 0.4) is 0 Å². The van der Waals surface area contributed by atoms with Gasteiger partial charge < -0.3 is 0 Å². The van der Waals surface area contributed by atoms with E-state index in [1.807, 2.05) is 0 Å². The van der Waals surface area contributed by atoms with E-state index in [9.17, 15) is 4.57 Å². The van der Waals surface area contributed by atoms with Gasteiger partial charge in [0.05, 0.1) is 21.3 Å². The average molecular weight is 233 g/mol. The lowest BCUT2D eigenvalue weighted by atomic mass is 11.7. The maximum absolute atomic E-state index is 11.4. The minimum atomic E-state index is -3.98. The van der Waals surface area contributed by atoms with E-state index in [1.165, 1.54) is 21.3 Å². The molecule has 0 aliphatic rings. The molecule has 0 bridgehead atoms. The summed E-state index contributed by atoms with van der Waals surface area (Å²) in [6, 6.07) is 0. The van der Waals surface area contributed by atoms with Crippen molar-refractivity contribution in [2.24, 2.45) is 0 Å². The molecule has 0 fully saturated rings. The topological polar surface area (TPSA) is 109 Å². The third-order valence-corrected chi connectivity index (χ3v) is 1.59. The van der Waals surface area contributed by atoms with E-state index in [0.717, 1.165) is 0 Å². The maximum Gasteiger partial charge on any atom is 0.530 e. The standard InChI is InChI=1S/C3H12N3O7P/c1-8-4-11-14(7,12-5-9-2)13-6-10-3/h4-6H,1-3H3. The summed E-state index contributed by atoms with van der Waals surface area (Å²) in [5.41, 5.74) is 5.41. The minimum Gasteiger partial charge on any atom is -0.280 e. The van der Waals surface area contributed by atoms with E-state index in [2.05, 4.69) is 28.4 Å². The van der Waals surface area contributed by atoms with Crippen molar-refractivity contribution in [3.05, 3.63) is 0 Å². The molecule has 86 valence electrons. The molecule has 0 atom stereocenters. The summed E-state index contributed by atoms with van der Waals surface area (Å²) in [5.74, 6) is 0. The quantitative estimate of drug-likeness (QED) is 0.350. The molecule has 0 aromatic carbocycles. The Labute approximate surface area is 80.1 Å². The van der Waals surface area contributed by atoms with E-state index in [-0.39, 0.29) is 0 Å². The van der Waals surface area contributed by atoms with Crippen molar-refractivity contribution in [2.75, 3.05) is 21.3 Å². The van der Waals surface area contributed by atoms with E-state index in [0.29, 0.717) is 0 Å². The summed E-state index contributed by atoms with van der Waals surface area (Å²) in [7, 11) is -0.275. The molecule has 14 heavy (non-hydrogen) atoms. The Kier molecular flexibility index (Phi) is 8.12. The third kappa shape index (κ3) is 6.34. The zero-order chi connectivity index (χ0) is 10.9. The molecule has 0 aliphatic heterocycles. The Balaban J connectivity index is 3.97. The second-order valence-corrected chi connectivity index (χ2v) is 3.03. The Hall–Kier alpha value is -0.130. The second-order valence-electron chi connectivity index (χ2n) is 1.58. The lowest BCUT2D eigenvalue weighted by Crippen LogP contribution is -2.22. The summed E-state index contributed by atoms with van der Waals surface area (Å²) < 4.78 is 24.4. The van der Waals surface area contributed by atoms with Gasteiger partial charge in [0.15, 0.2) is 0 Å². The molecular formula is C3H12N3O7P. The van der Waals surface area contributed by atoms with Gasteiger partial charge in [-0.1, -0.05) is 16.9 Å². The highest BCUT2D eigenvalue weighted by atomic mass is 31.2. The van der Waals surface area contributed by atoms with Crippen molar-refractivity contribution in [2.45, 2.75) is 0 Å². The van der Waals surface area contributed by atoms with Gasteiger partial charge in [-0.3, -0.25) is 14.5 Å². The molecule has 0 aromatic heterocycles. The number of hydrogen-bond acceptors (Lipinski definition) is 10. The molecule has 0 aliphatic carbocycles. The number of nitrogens with one attached hydrogen (secondary N) is 3. The summed E-state index contributed by atoms with van der Waals surface area (Å²) in [6.45, 7) is 0. The van der Waals surface area contributed by atoms with E-state index < -0.39 is 7.82 Å². The van der Waals surface area contributed by atoms with Gasteiger partial charge in [-0.2, -0.15) is 13.9 Å². The molecule has 0 unspecified atom stereocenters. The van der Waals surface area contributed by atoms with Gasteiger partial charge in [-0.25, -0.2) is 4.57 Å². The highest BCUT2D eigenvalue weighted by Gasteiger charge is 2.29. The molecule has 0 aromatic rings. The first kappa shape index (κ1) is 13.9. The van der Waals surface area contributed by atoms with E-state index in [4.69, 9.17) is 0 Å². The van der Waals surface area contributed by atoms with Gasteiger partial charge in [0.1, 0.15) is 0 Å². The zero-order valence-corrected chi connectivity index (χ0v) is 8.70. The zero-order valence-electron chi connectivity index (χ0n) is 7.80. The lowest BCUT2D eigenvalue weighted by Gasteiger charge is -2.14. The predicted octanol–water partition coefficient (Wildman–Crippen LogP) is -0.658. The van der Waals surface area contributed by atoms with Crippen LogP contribution in [0, 0.1) is 0 Å². The summed E-state index contributed by atoms with van der Waals surface area (Å²) >= 11 is 0. The summed E-state index contributed by atoms with van der Waals surface area (Å²) in [6.07, 6.45) is 0. The van der Waals surface area contributed by atoms with Crippen LogP contribution < -0.4 is 16.9 Å². The smallest absolute Gasteiger partial charge is 0.280 e. The molecule has 11 heteroatoms. The largest absolute Gasteiger partial charge is 0.530 e. The van der Waals surface area contributed by atoms with E-state index >= 15 is 0 Å². The van der Waals surface area contributed by atoms with Gasteiger partial charge in [-0.05, 0) is 0 Å². The first-order chi connectivity index (χ1) is 6.68. The molecule has 0 saturated heterocycles. The molecule has 0 heterocycles. The van der Waals surface area contributed by atoms with Crippen LogP contribution >= 0.6 is 7.82 Å². The Bertz CT molecular complexity index is 151. The monoisotopic (exact) mass is 233 g/mol. The Morgan fingerprint density at radius 2 is 1.07 bits per heavy atom. The summed E-state index contributed by atoms with van der Waals surface area (Å²) in [4.78, 5) is 12.8. The molecule has 0 spiro atoms. The van der Waals surface area contributed by atoms with Crippen LogP contribution in [0.1, 0.15) is 0 Å². The van der Waals surface area contributed by atoms with Gasteiger partial charge in [0.2, 0.25) is 0 Å². The predicted molar refractivity (Wildman–Crippen MR) is 41.3 cm³/mol. The lowest BCUT2D eigenvalue weighted by molar-refractivity contribution is -0.172. The van der Waals surface area contributed by atoms with Crippen molar-refractivity contribution in [1.29, 1.82) is 0 Å². The molecule has 0 radical (unpaired) electrons. The molecular weight excluding hydrogens is 221 g/mol. The van der Waals surface area contributed by atoms with Crippen molar-refractivity contribution in [3.8, 4) is 0 Å². The fourth-order valence-electron chi connectivity index (χ4n) is 0.305. The van der Waals surface area contributed by atoms with Gasteiger partial charge in [0.25, 0.3) is 0 Å². The highest BCUT2D eigenvalue weighted by Crippen LogP contribution is 2.46. The van der Waals surface area contributed by atoms with Crippen molar-refractivity contribution in [1.82, 2.24) is 16.9 Å². The van der Waals surface area contributed by atoms with Crippen LogP contribution in [0.5, 0.6) is 0 Å². The number of phosphoric acid groups is 1. The molecule has 0 rings (SSSR count). The van der Waals surface area contributed by atoms with Gasteiger partial charge in [0, 0.05) is 0 Å². The van der Waals surface area contributed by atoms with Gasteiger partial charge in [-0.15, -0.1) is 0 Å².